The van der Waals surface area contributed by atoms with E-state index in [1.165, 1.54) is 40.7 Å². The fraction of sp³-hybridized carbons (Fsp3) is 0.368. The van der Waals surface area contributed by atoms with Gasteiger partial charge < -0.3 is 10.2 Å². The largest absolute Gasteiger partial charge is 0.375 e. The minimum atomic E-state index is -3.83. The normalized spacial score (nSPS) is 16.0. The molecule has 0 aliphatic carbocycles. The Bertz CT molecular complexity index is 1010. The van der Waals surface area contributed by atoms with Gasteiger partial charge in [0.1, 0.15) is 5.69 Å². The highest BCUT2D eigenvalue weighted by Crippen LogP contribution is 2.30. The van der Waals surface area contributed by atoms with Gasteiger partial charge in [0, 0.05) is 44.4 Å². The van der Waals surface area contributed by atoms with Crippen molar-refractivity contribution in [3.05, 3.63) is 63.7 Å². The summed E-state index contributed by atoms with van der Waals surface area (Å²) >= 11 is 0. The van der Waals surface area contributed by atoms with Crippen LogP contribution in [0, 0.1) is 10.1 Å². The standard InChI is InChI=1S/C19H22F2N4O4S/c1-23-8-10-24(11-9-23)30(28,29)16-6-7-17(18(12-16)25(26)27)22-13-14-2-4-15(5-3-14)19(20)21/h2-7,12,19,22H,8-11,13H2,1H3. The molecule has 1 heterocycles. The predicted octanol–water partition coefficient (Wildman–Crippen LogP) is 3.08. The molecule has 0 saturated carbocycles. The highest BCUT2D eigenvalue weighted by atomic mass is 32.2. The summed E-state index contributed by atoms with van der Waals surface area (Å²) in [6.07, 6.45) is -2.57. The second-order valence-corrected chi connectivity index (χ2v) is 8.98. The average molecular weight is 440 g/mol. The Hall–Kier alpha value is -2.63. The molecule has 162 valence electrons. The lowest BCUT2D eigenvalue weighted by Crippen LogP contribution is -2.47. The van der Waals surface area contributed by atoms with Gasteiger partial charge in [-0.1, -0.05) is 24.3 Å². The van der Waals surface area contributed by atoms with Gasteiger partial charge in [-0.15, -0.1) is 0 Å². The van der Waals surface area contributed by atoms with E-state index in [1.807, 2.05) is 11.9 Å². The number of halogens is 2. The van der Waals surface area contributed by atoms with E-state index in [9.17, 15) is 27.3 Å². The molecule has 0 unspecified atom stereocenters. The maximum atomic E-state index is 12.8. The van der Waals surface area contributed by atoms with Gasteiger partial charge >= 0.3 is 0 Å². The molecular formula is C19H22F2N4O4S. The summed E-state index contributed by atoms with van der Waals surface area (Å²) in [5.41, 5.74) is 0.329. The summed E-state index contributed by atoms with van der Waals surface area (Å²) in [6.45, 7) is 1.98. The molecule has 0 radical (unpaired) electrons. The number of hydrogen-bond acceptors (Lipinski definition) is 6. The first-order chi connectivity index (χ1) is 14.2. The van der Waals surface area contributed by atoms with Crippen molar-refractivity contribution >= 4 is 21.4 Å². The van der Waals surface area contributed by atoms with Crippen molar-refractivity contribution in [3.63, 3.8) is 0 Å². The highest BCUT2D eigenvalue weighted by molar-refractivity contribution is 7.89. The first-order valence-electron chi connectivity index (χ1n) is 9.26. The van der Waals surface area contributed by atoms with E-state index in [4.69, 9.17) is 0 Å². The zero-order chi connectivity index (χ0) is 21.9. The maximum absolute atomic E-state index is 12.8. The summed E-state index contributed by atoms with van der Waals surface area (Å²) < 4.78 is 52.3. The monoisotopic (exact) mass is 440 g/mol. The van der Waals surface area contributed by atoms with E-state index in [0.29, 0.717) is 31.7 Å². The lowest BCUT2D eigenvalue weighted by molar-refractivity contribution is -0.384. The summed E-state index contributed by atoms with van der Waals surface area (Å²) in [5, 5.41) is 14.4. The first kappa shape index (κ1) is 22.1. The average Bonchev–Trinajstić information content (AvgIpc) is 2.72. The quantitative estimate of drug-likeness (QED) is 0.525. The number of nitro benzene ring substituents is 1. The van der Waals surface area contributed by atoms with E-state index in [-0.39, 0.29) is 28.4 Å². The summed E-state index contributed by atoms with van der Waals surface area (Å²) in [5.74, 6) is 0. The van der Waals surface area contributed by atoms with Crippen LogP contribution in [0.1, 0.15) is 17.6 Å². The van der Waals surface area contributed by atoms with Gasteiger partial charge in [0.25, 0.3) is 12.1 Å². The van der Waals surface area contributed by atoms with Crippen LogP contribution in [0.4, 0.5) is 20.2 Å². The van der Waals surface area contributed by atoms with Crippen LogP contribution in [0.3, 0.4) is 0 Å². The minimum absolute atomic E-state index is 0.108. The molecule has 0 aromatic heterocycles. The molecule has 8 nitrogen and oxygen atoms in total. The molecule has 2 aromatic carbocycles. The number of nitrogens with one attached hydrogen (secondary N) is 1. The number of sulfonamides is 1. The Balaban J connectivity index is 1.79. The summed E-state index contributed by atoms with van der Waals surface area (Å²) in [4.78, 5) is 12.7. The van der Waals surface area contributed by atoms with Gasteiger partial charge in [-0.3, -0.25) is 10.1 Å². The molecule has 1 fully saturated rings. The van der Waals surface area contributed by atoms with Crippen molar-refractivity contribution in [2.45, 2.75) is 17.9 Å². The number of likely N-dealkylation sites (N-methyl/N-ethyl adjacent to an activating group) is 1. The second-order valence-electron chi connectivity index (χ2n) is 7.04. The predicted molar refractivity (Wildman–Crippen MR) is 108 cm³/mol. The summed E-state index contributed by atoms with van der Waals surface area (Å²) in [7, 11) is -1.94. The molecule has 0 bridgehead atoms. The lowest BCUT2D eigenvalue weighted by atomic mass is 10.1. The first-order valence-corrected chi connectivity index (χ1v) is 10.7. The molecule has 1 N–H and O–H groups in total. The van der Waals surface area contributed by atoms with Gasteiger partial charge in [-0.25, -0.2) is 17.2 Å². The van der Waals surface area contributed by atoms with Gasteiger partial charge in [-0.05, 0) is 24.7 Å². The highest BCUT2D eigenvalue weighted by Gasteiger charge is 2.29. The molecule has 3 rings (SSSR count). The number of hydrogen-bond donors (Lipinski definition) is 1. The van der Waals surface area contributed by atoms with Crippen molar-refractivity contribution < 1.29 is 22.1 Å². The van der Waals surface area contributed by atoms with E-state index in [0.717, 1.165) is 6.07 Å². The van der Waals surface area contributed by atoms with Crippen LogP contribution in [0.15, 0.2) is 47.4 Å². The van der Waals surface area contributed by atoms with Crippen LogP contribution in [-0.2, 0) is 16.6 Å². The Morgan fingerprint density at radius 3 is 2.30 bits per heavy atom. The topological polar surface area (TPSA) is 95.8 Å². The zero-order valence-corrected chi connectivity index (χ0v) is 17.1. The van der Waals surface area contributed by atoms with Crippen LogP contribution in [-0.4, -0.2) is 55.8 Å². The maximum Gasteiger partial charge on any atom is 0.293 e. The molecule has 11 heteroatoms. The third-order valence-electron chi connectivity index (χ3n) is 4.98. The van der Waals surface area contributed by atoms with Crippen molar-refractivity contribution in [1.29, 1.82) is 0 Å². The third-order valence-corrected chi connectivity index (χ3v) is 6.88. The molecular weight excluding hydrogens is 418 g/mol. The Morgan fingerprint density at radius 1 is 1.10 bits per heavy atom. The number of rotatable bonds is 7. The smallest absolute Gasteiger partial charge is 0.293 e. The van der Waals surface area contributed by atoms with Crippen LogP contribution in [0.2, 0.25) is 0 Å². The number of piperazine rings is 1. The van der Waals surface area contributed by atoms with Crippen molar-refractivity contribution in [3.8, 4) is 0 Å². The number of anilines is 1. The van der Waals surface area contributed by atoms with Crippen LogP contribution >= 0.6 is 0 Å². The minimum Gasteiger partial charge on any atom is -0.375 e. The molecule has 0 amide bonds. The third kappa shape index (κ3) is 4.91. The Labute approximate surface area is 173 Å². The lowest BCUT2D eigenvalue weighted by Gasteiger charge is -2.31. The number of benzene rings is 2. The molecule has 1 saturated heterocycles. The number of alkyl halides is 2. The van der Waals surface area contributed by atoms with Gasteiger partial charge in [-0.2, -0.15) is 4.31 Å². The molecule has 0 atom stereocenters. The fourth-order valence-corrected chi connectivity index (χ4v) is 4.57. The number of nitrogens with zero attached hydrogens (tertiary/aromatic N) is 3. The van der Waals surface area contributed by atoms with Gasteiger partial charge in [0.05, 0.1) is 9.82 Å². The number of nitro groups is 1. The molecule has 2 aromatic rings. The van der Waals surface area contributed by atoms with Crippen molar-refractivity contribution in [2.24, 2.45) is 0 Å². The van der Waals surface area contributed by atoms with Crippen LogP contribution in [0.25, 0.3) is 0 Å². The van der Waals surface area contributed by atoms with E-state index in [2.05, 4.69) is 5.32 Å². The van der Waals surface area contributed by atoms with E-state index < -0.39 is 21.4 Å². The Kier molecular flexibility index (Phi) is 6.64. The SMILES string of the molecule is CN1CCN(S(=O)(=O)c2ccc(NCc3ccc(C(F)F)cc3)c([N+](=O)[O-])c2)CC1. The van der Waals surface area contributed by atoms with Crippen LogP contribution in [0.5, 0.6) is 0 Å². The molecule has 0 spiro atoms. The molecule has 1 aliphatic rings. The van der Waals surface area contributed by atoms with Crippen molar-refractivity contribution in [1.82, 2.24) is 9.21 Å². The van der Waals surface area contributed by atoms with E-state index >= 15 is 0 Å². The van der Waals surface area contributed by atoms with Gasteiger partial charge in [0.2, 0.25) is 10.0 Å². The van der Waals surface area contributed by atoms with Crippen molar-refractivity contribution in [2.75, 3.05) is 38.5 Å². The van der Waals surface area contributed by atoms with Gasteiger partial charge in [0.15, 0.2) is 0 Å². The Morgan fingerprint density at radius 2 is 1.73 bits per heavy atom. The van der Waals surface area contributed by atoms with Crippen LogP contribution < -0.4 is 5.32 Å². The molecule has 1 aliphatic heterocycles. The zero-order valence-electron chi connectivity index (χ0n) is 16.3. The van der Waals surface area contributed by atoms with E-state index in [1.54, 1.807) is 0 Å². The molecule has 30 heavy (non-hydrogen) atoms. The fourth-order valence-electron chi connectivity index (χ4n) is 3.13. The second kappa shape index (κ2) is 9.02. The summed E-state index contributed by atoms with van der Waals surface area (Å²) in [6, 6.07) is 9.34.